The molecule has 1 saturated heterocycles. The average Bonchev–Trinajstić information content (AvgIpc) is 3.22. The van der Waals surface area contributed by atoms with Crippen molar-refractivity contribution in [2.75, 3.05) is 24.5 Å². The van der Waals surface area contributed by atoms with E-state index in [0.717, 1.165) is 18.8 Å². The van der Waals surface area contributed by atoms with Crippen LogP contribution in [0.5, 0.6) is 0 Å². The number of pyridine rings is 1. The van der Waals surface area contributed by atoms with Gasteiger partial charge < -0.3 is 15.3 Å². The van der Waals surface area contributed by atoms with Crippen LogP contribution in [0.25, 0.3) is 0 Å². The number of nitrogens with zero attached hydrogens (tertiary/aromatic N) is 2. The highest BCUT2D eigenvalue weighted by Gasteiger charge is 2.36. The zero-order valence-electron chi connectivity index (χ0n) is 12.9. The summed E-state index contributed by atoms with van der Waals surface area (Å²) in [6, 6.07) is 9.77. The van der Waals surface area contributed by atoms with E-state index in [2.05, 4.69) is 15.2 Å². The SMILES string of the molecule is O=C(CCc1cccs1)NC[C@@]1(O)CCN(c2ccccn2)C1. The Bertz CT molecular complexity index is 633. The lowest BCUT2D eigenvalue weighted by Gasteiger charge is -2.24. The molecule has 1 fully saturated rings. The molecule has 1 amide bonds. The Morgan fingerprint density at radius 1 is 1.39 bits per heavy atom. The average molecular weight is 331 g/mol. The summed E-state index contributed by atoms with van der Waals surface area (Å²) >= 11 is 1.66. The Balaban J connectivity index is 1.45. The van der Waals surface area contributed by atoms with Crippen LogP contribution in [0.4, 0.5) is 5.82 Å². The van der Waals surface area contributed by atoms with Gasteiger partial charge in [-0.05, 0) is 36.4 Å². The first-order chi connectivity index (χ1) is 11.1. The number of aryl methyl sites for hydroxylation is 1. The van der Waals surface area contributed by atoms with Crippen LogP contribution in [0.1, 0.15) is 17.7 Å². The normalized spacial score (nSPS) is 20.7. The molecule has 3 heterocycles. The summed E-state index contributed by atoms with van der Waals surface area (Å²) in [4.78, 5) is 19.5. The number of thiophene rings is 1. The number of nitrogens with one attached hydrogen (secondary N) is 1. The monoisotopic (exact) mass is 331 g/mol. The van der Waals surface area contributed by atoms with Crippen molar-refractivity contribution < 1.29 is 9.90 Å². The van der Waals surface area contributed by atoms with E-state index in [1.165, 1.54) is 4.88 Å². The van der Waals surface area contributed by atoms with E-state index in [1.807, 2.05) is 35.7 Å². The Hall–Kier alpha value is -1.92. The Morgan fingerprint density at radius 2 is 2.30 bits per heavy atom. The van der Waals surface area contributed by atoms with Crippen molar-refractivity contribution in [3.8, 4) is 0 Å². The van der Waals surface area contributed by atoms with Gasteiger partial charge in [0.1, 0.15) is 11.4 Å². The quantitative estimate of drug-likeness (QED) is 0.848. The summed E-state index contributed by atoms with van der Waals surface area (Å²) in [5.41, 5.74) is -0.879. The highest BCUT2D eigenvalue weighted by Crippen LogP contribution is 2.24. The van der Waals surface area contributed by atoms with Crippen molar-refractivity contribution >= 4 is 23.1 Å². The van der Waals surface area contributed by atoms with E-state index in [1.54, 1.807) is 17.5 Å². The predicted octanol–water partition coefficient (Wildman–Crippen LogP) is 1.83. The van der Waals surface area contributed by atoms with Crippen LogP contribution >= 0.6 is 11.3 Å². The molecule has 2 aromatic heterocycles. The fourth-order valence-corrected chi connectivity index (χ4v) is 3.49. The molecule has 1 atom stereocenters. The highest BCUT2D eigenvalue weighted by molar-refractivity contribution is 7.09. The van der Waals surface area contributed by atoms with Crippen molar-refractivity contribution in [3.63, 3.8) is 0 Å². The molecule has 1 aliphatic heterocycles. The molecule has 122 valence electrons. The first-order valence-electron chi connectivity index (χ1n) is 7.82. The number of carbonyl (C=O) groups is 1. The summed E-state index contributed by atoms with van der Waals surface area (Å²) in [5.74, 6) is 0.857. The minimum atomic E-state index is -0.879. The summed E-state index contributed by atoms with van der Waals surface area (Å²) in [6.45, 7) is 1.54. The molecular formula is C17H21N3O2S. The fraction of sp³-hybridized carbons (Fsp3) is 0.412. The lowest BCUT2D eigenvalue weighted by atomic mass is 10.0. The molecule has 1 aliphatic rings. The van der Waals surface area contributed by atoms with E-state index in [-0.39, 0.29) is 5.91 Å². The van der Waals surface area contributed by atoms with Gasteiger partial charge in [0.2, 0.25) is 5.91 Å². The third-order valence-electron chi connectivity index (χ3n) is 4.10. The van der Waals surface area contributed by atoms with E-state index >= 15 is 0 Å². The number of anilines is 1. The van der Waals surface area contributed by atoms with Crippen LogP contribution in [-0.2, 0) is 11.2 Å². The van der Waals surface area contributed by atoms with Gasteiger partial charge in [0.05, 0.1) is 0 Å². The van der Waals surface area contributed by atoms with Crippen molar-refractivity contribution in [2.45, 2.75) is 24.9 Å². The predicted molar refractivity (Wildman–Crippen MR) is 91.7 cm³/mol. The smallest absolute Gasteiger partial charge is 0.220 e. The van der Waals surface area contributed by atoms with Gasteiger partial charge >= 0.3 is 0 Å². The van der Waals surface area contributed by atoms with Crippen molar-refractivity contribution in [3.05, 3.63) is 46.8 Å². The third kappa shape index (κ3) is 4.30. The van der Waals surface area contributed by atoms with Crippen molar-refractivity contribution in [2.24, 2.45) is 0 Å². The molecule has 0 aromatic carbocycles. The topological polar surface area (TPSA) is 65.5 Å². The molecule has 0 saturated carbocycles. The van der Waals surface area contributed by atoms with Gasteiger partial charge in [0.25, 0.3) is 0 Å². The number of carbonyl (C=O) groups excluding carboxylic acids is 1. The van der Waals surface area contributed by atoms with E-state index < -0.39 is 5.60 Å². The van der Waals surface area contributed by atoms with Crippen LogP contribution in [0.2, 0.25) is 0 Å². The van der Waals surface area contributed by atoms with Crippen LogP contribution in [0, 0.1) is 0 Å². The summed E-state index contributed by atoms with van der Waals surface area (Å²) in [6.07, 6.45) is 3.59. The largest absolute Gasteiger partial charge is 0.386 e. The summed E-state index contributed by atoms with van der Waals surface area (Å²) in [7, 11) is 0. The first-order valence-corrected chi connectivity index (χ1v) is 8.70. The van der Waals surface area contributed by atoms with Crippen LogP contribution in [0.15, 0.2) is 41.9 Å². The number of amides is 1. The number of rotatable bonds is 6. The molecule has 2 aromatic rings. The van der Waals surface area contributed by atoms with Gasteiger partial charge in [-0.2, -0.15) is 0 Å². The molecule has 6 heteroatoms. The van der Waals surface area contributed by atoms with Gasteiger partial charge in [-0.25, -0.2) is 4.98 Å². The number of hydrogen-bond donors (Lipinski definition) is 2. The molecule has 0 unspecified atom stereocenters. The number of aromatic nitrogens is 1. The van der Waals surface area contributed by atoms with Gasteiger partial charge in [0.15, 0.2) is 0 Å². The van der Waals surface area contributed by atoms with E-state index in [4.69, 9.17) is 0 Å². The van der Waals surface area contributed by atoms with Crippen LogP contribution < -0.4 is 10.2 Å². The highest BCUT2D eigenvalue weighted by atomic mass is 32.1. The number of β-amino-alcohol motifs (C(OH)–C–C–N with tert-alkyl or cyclic N) is 1. The van der Waals surface area contributed by atoms with Gasteiger partial charge in [-0.1, -0.05) is 12.1 Å². The third-order valence-corrected chi connectivity index (χ3v) is 5.03. The van der Waals surface area contributed by atoms with Crippen LogP contribution in [-0.4, -0.2) is 41.2 Å². The maximum atomic E-state index is 11.9. The van der Waals surface area contributed by atoms with Crippen molar-refractivity contribution in [1.29, 1.82) is 0 Å². The second-order valence-corrected chi connectivity index (χ2v) is 6.97. The zero-order valence-corrected chi connectivity index (χ0v) is 13.8. The van der Waals surface area contributed by atoms with Gasteiger partial charge in [-0.3, -0.25) is 4.79 Å². The molecule has 0 spiro atoms. The maximum absolute atomic E-state index is 11.9. The Labute approximate surface area is 140 Å². The maximum Gasteiger partial charge on any atom is 0.220 e. The molecule has 0 radical (unpaired) electrons. The zero-order chi connectivity index (χ0) is 16.1. The van der Waals surface area contributed by atoms with Crippen LogP contribution in [0.3, 0.4) is 0 Å². The Morgan fingerprint density at radius 3 is 3.04 bits per heavy atom. The fourth-order valence-electron chi connectivity index (χ4n) is 2.78. The summed E-state index contributed by atoms with van der Waals surface area (Å²) < 4.78 is 0. The molecular weight excluding hydrogens is 310 g/mol. The molecule has 0 bridgehead atoms. The second-order valence-electron chi connectivity index (χ2n) is 5.94. The minimum Gasteiger partial charge on any atom is -0.386 e. The molecule has 2 N–H and O–H groups in total. The van der Waals surface area contributed by atoms with E-state index in [0.29, 0.717) is 25.9 Å². The number of aliphatic hydroxyl groups is 1. The van der Waals surface area contributed by atoms with Gasteiger partial charge in [-0.15, -0.1) is 11.3 Å². The first kappa shape index (κ1) is 16.0. The van der Waals surface area contributed by atoms with Crippen molar-refractivity contribution in [1.82, 2.24) is 10.3 Å². The minimum absolute atomic E-state index is 0.0110. The standard InChI is InChI=1S/C17H21N3O2S/c21-16(7-6-14-4-3-11-23-14)19-12-17(22)8-10-20(13-17)15-5-1-2-9-18-15/h1-5,9,11,22H,6-8,10,12-13H2,(H,19,21)/t17-/m0/s1. The second kappa shape index (κ2) is 7.10. The lowest BCUT2D eigenvalue weighted by Crippen LogP contribution is -2.45. The molecule has 3 rings (SSSR count). The lowest BCUT2D eigenvalue weighted by molar-refractivity contribution is -0.122. The molecule has 23 heavy (non-hydrogen) atoms. The molecule has 5 nitrogen and oxygen atoms in total. The number of hydrogen-bond acceptors (Lipinski definition) is 5. The molecule has 0 aliphatic carbocycles. The summed E-state index contributed by atoms with van der Waals surface area (Å²) in [5, 5.41) is 15.5. The van der Waals surface area contributed by atoms with E-state index in [9.17, 15) is 9.90 Å². The van der Waals surface area contributed by atoms with Gasteiger partial charge in [0, 0.05) is 37.1 Å². The Kier molecular flexibility index (Phi) is 4.93.